The molecule has 39 heavy (non-hydrogen) atoms. The van der Waals surface area contributed by atoms with Gasteiger partial charge in [-0.25, -0.2) is 0 Å². The van der Waals surface area contributed by atoms with Gasteiger partial charge in [0.2, 0.25) is 0 Å². The predicted octanol–water partition coefficient (Wildman–Crippen LogP) is 7.52. The molecule has 5 aliphatic carbocycles. The van der Waals surface area contributed by atoms with E-state index in [1.807, 2.05) is 0 Å². The number of hydrogen-bond donors (Lipinski definition) is 0. The number of ketones is 1. The molecule has 0 bridgehead atoms. The van der Waals surface area contributed by atoms with Gasteiger partial charge < -0.3 is 14.2 Å². The van der Waals surface area contributed by atoms with Gasteiger partial charge in [0.1, 0.15) is 11.9 Å². The molecule has 0 radical (unpaired) electrons. The molecular formula is C33H51IO5. The minimum absolute atomic E-state index is 0.00493. The van der Waals surface area contributed by atoms with E-state index >= 15 is 0 Å². The van der Waals surface area contributed by atoms with Crippen molar-refractivity contribution in [3.63, 3.8) is 0 Å². The molecule has 10 atom stereocenters. The molecule has 1 saturated heterocycles. The van der Waals surface area contributed by atoms with Crippen LogP contribution in [0, 0.1) is 50.7 Å². The first-order chi connectivity index (χ1) is 18.3. The number of carbonyl (C=O) groups excluding carboxylic acids is 2. The molecule has 0 aromatic carbocycles. The summed E-state index contributed by atoms with van der Waals surface area (Å²) in [5, 5.41) is 0. The number of ether oxygens (including phenoxy) is 3. The van der Waals surface area contributed by atoms with Crippen LogP contribution in [0.2, 0.25) is 0 Å². The fourth-order valence-electron chi connectivity index (χ4n) is 12.2. The van der Waals surface area contributed by atoms with E-state index in [0.717, 1.165) is 25.7 Å². The molecule has 6 fully saturated rings. The van der Waals surface area contributed by atoms with Crippen molar-refractivity contribution in [3.05, 3.63) is 0 Å². The van der Waals surface area contributed by atoms with Gasteiger partial charge in [0.05, 0.1) is 19.6 Å². The minimum atomic E-state index is -0.331. The van der Waals surface area contributed by atoms with Gasteiger partial charge in [-0.1, -0.05) is 57.2 Å². The summed E-state index contributed by atoms with van der Waals surface area (Å²) >= 11 is 2.72. The quantitative estimate of drug-likeness (QED) is 0.178. The van der Waals surface area contributed by atoms with Crippen molar-refractivity contribution in [1.29, 1.82) is 0 Å². The fourth-order valence-corrected chi connectivity index (χ4v) is 13.8. The molecule has 0 amide bonds. The predicted molar refractivity (Wildman–Crippen MR) is 159 cm³/mol. The topological polar surface area (TPSA) is 61.8 Å². The lowest BCUT2D eigenvalue weighted by Gasteiger charge is -2.72. The van der Waals surface area contributed by atoms with E-state index in [1.165, 1.54) is 38.5 Å². The van der Waals surface area contributed by atoms with Crippen LogP contribution in [0.4, 0.5) is 0 Å². The number of carbonyl (C=O) groups is 2. The maximum atomic E-state index is 14.1. The van der Waals surface area contributed by atoms with Crippen molar-refractivity contribution in [1.82, 2.24) is 0 Å². The fraction of sp³-hybridized carbons (Fsp3) is 0.939. The summed E-state index contributed by atoms with van der Waals surface area (Å²) in [4.78, 5) is 26.0. The number of alkyl halides is 1. The molecule has 0 aromatic heterocycles. The Labute approximate surface area is 249 Å². The van der Waals surface area contributed by atoms with E-state index in [4.69, 9.17) is 14.2 Å². The molecular weight excluding hydrogens is 603 g/mol. The highest BCUT2D eigenvalue weighted by atomic mass is 127. The van der Waals surface area contributed by atoms with Crippen molar-refractivity contribution in [2.45, 2.75) is 128 Å². The minimum Gasteiger partial charge on any atom is -0.462 e. The van der Waals surface area contributed by atoms with Crippen LogP contribution in [0.1, 0.15) is 112 Å². The summed E-state index contributed by atoms with van der Waals surface area (Å²) in [5.74, 6) is 2.62. The second kappa shape index (κ2) is 9.65. The molecule has 5 saturated carbocycles. The zero-order valence-electron chi connectivity index (χ0n) is 25.2. The Bertz CT molecular complexity index is 1010. The summed E-state index contributed by atoms with van der Waals surface area (Å²) in [6.45, 7) is 15.4. The van der Waals surface area contributed by atoms with Gasteiger partial charge in [-0.15, -0.1) is 0 Å². The number of halogens is 1. The molecule has 6 aliphatic rings. The van der Waals surface area contributed by atoms with Crippen LogP contribution in [0.5, 0.6) is 0 Å². The molecule has 6 rings (SSSR count). The maximum absolute atomic E-state index is 14.1. The average Bonchev–Trinajstić information content (AvgIpc) is 3.49. The summed E-state index contributed by atoms with van der Waals surface area (Å²) in [6.07, 6.45) is 11.7. The summed E-state index contributed by atoms with van der Waals surface area (Å²) in [7, 11) is 0. The van der Waals surface area contributed by atoms with E-state index in [-0.39, 0.29) is 45.4 Å². The van der Waals surface area contributed by atoms with Crippen LogP contribution >= 0.6 is 22.6 Å². The lowest BCUT2D eigenvalue weighted by atomic mass is 9.32. The van der Waals surface area contributed by atoms with Gasteiger partial charge in [0.25, 0.3) is 0 Å². The third-order valence-corrected chi connectivity index (χ3v) is 15.6. The van der Waals surface area contributed by atoms with Gasteiger partial charge in [0, 0.05) is 21.7 Å². The summed E-state index contributed by atoms with van der Waals surface area (Å²) in [5.41, 5.74) is 0.609. The first-order valence-electron chi connectivity index (χ1n) is 15.9. The van der Waals surface area contributed by atoms with Gasteiger partial charge in [-0.3, -0.25) is 9.59 Å². The van der Waals surface area contributed by atoms with Crippen LogP contribution < -0.4 is 0 Å². The van der Waals surface area contributed by atoms with E-state index in [9.17, 15) is 9.59 Å². The van der Waals surface area contributed by atoms with E-state index in [1.54, 1.807) is 6.92 Å². The number of hydrogen-bond acceptors (Lipinski definition) is 5. The third-order valence-electron chi connectivity index (χ3n) is 14.2. The van der Waals surface area contributed by atoms with Crippen LogP contribution in [0.25, 0.3) is 0 Å². The van der Waals surface area contributed by atoms with Crippen molar-refractivity contribution in [3.8, 4) is 0 Å². The zero-order chi connectivity index (χ0) is 28.0. The lowest BCUT2D eigenvalue weighted by Crippen LogP contribution is -2.67. The van der Waals surface area contributed by atoms with Crippen molar-refractivity contribution >= 4 is 34.3 Å². The first-order valence-corrected chi connectivity index (χ1v) is 17.1. The molecule has 4 unspecified atom stereocenters. The Kier molecular flexibility index (Phi) is 7.15. The van der Waals surface area contributed by atoms with Gasteiger partial charge >= 0.3 is 5.97 Å². The number of esters is 1. The molecule has 1 heterocycles. The number of Topliss-reactive ketones (excluding diaryl/α,β-unsaturated/α-hetero) is 1. The van der Waals surface area contributed by atoms with Crippen molar-refractivity contribution < 1.29 is 23.8 Å². The molecule has 0 aromatic rings. The van der Waals surface area contributed by atoms with Crippen molar-refractivity contribution in [2.24, 2.45) is 50.7 Å². The highest BCUT2D eigenvalue weighted by Gasteiger charge is 2.71. The average molecular weight is 655 g/mol. The summed E-state index contributed by atoms with van der Waals surface area (Å²) < 4.78 is 18.0. The molecule has 0 N–H and O–H groups in total. The van der Waals surface area contributed by atoms with Crippen LogP contribution in [-0.2, 0) is 23.8 Å². The highest BCUT2D eigenvalue weighted by molar-refractivity contribution is 14.1. The number of rotatable bonds is 4. The third kappa shape index (κ3) is 4.02. The monoisotopic (exact) mass is 654 g/mol. The normalized spacial score (nSPS) is 50.8. The second-order valence-electron chi connectivity index (χ2n) is 15.7. The second-order valence-corrected chi connectivity index (χ2v) is 17.3. The Balaban J connectivity index is 1.30. The lowest BCUT2D eigenvalue weighted by molar-refractivity contribution is -0.246. The zero-order valence-corrected chi connectivity index (χ0v) is 27.3. The number of fused-ring (bicyclic) bond motifs is 7. The highest BCUT2D eigenvalue weighted by Crippen LogP contribution is 2.77. The SMILES string of the molecule is CC(=O)O[C@H]1CC[C@@]2(C)C(CC[C@]3(C)C2CCC2C4[C@H](I)CC[C@]4(C(=O)CC4OCCO4)CC[C@]23C)C1(C)C. The standard InChI is InChI=1S/C33H51IO5/c1-20(35)39-26-11-12-30(4)23(29(26,2)3)10-13-32(6)24(30)8-7-21-28-22(34)9-14-33(28,16-15-31(21,32)5)25(36)19-27-37-17-18-38-27/h21-24,26-28H,7-19H2,1-6H3/t21?,22-,23?,24?,26+,28?,30+,31-,32-,33-/m1/s1. The van der Waals surface area contributed by atoms with Gasteiger partial charge in [0.15, 0.2) is 6.29 Å². The van der Waals surface area contributed by atoms with Gasteiger partial charge in [-0.2, -0.15) is 0 Å². The van der Waals surface area contributed by atoms with Crippen molar-refractivity contribution in [2.75, 3.05) is 13.2 Å². The van der Waals surface area contributed by atoms with Crippen LogP contribution in [0.3, 0.4) is 0 Å². The molecule has 1 aliphatic heterocycles. The summed E-state index contributed by atoms with van der Waals surface area (Å²) in [6, 6.07) is 0. The molecule has 220 valence electrons. The van der Waals surface area contributed by atoms with Crippen LogP contribution in [-0.4, -0.2) is 41.3 Å². The Hall–Kier alpha value is -0.210. The van der Waals surface area contributed by atoms with Crippen LogP contribution in [0.15, 0.2) is 0 Å². The van der Waals surface area contributed by atoms with E-state index in [2.05, 4.69) is 57.2 Å². The van der Waals surface area contributed by atoms with E-state index < -0.39 is 0 Å². The molecule has 5 nitrogen and oxygen atoms in total. The molecule has 6 heteroatoms. The Morgan fingerprint density at radius 3 is 2.23 bits per heavy atom. The molecule has 0 spiro atoms. The van der Waals surface area contributed by atoms with Gasteiger partial charge in [-0.05, 0) is 104 Å². The Morgan fingerprint density at radius 1 is 0.821 bits per heavy atom. The maximum Gasteiger partial charge on any atom is 0.302 e. The smallest absolute Gasteiger partial charge is 0.302 e. The first kappa shape index (κ1) is 28.9. The largest absolute Gasteiger partial charge is 0.462 e. The van der Waals surface area contributed by atoms with E-state index in [0.29, 0.717) is 53.0 Å². The Morgan fingerprint density at radius 2 is 1.54 bits per heavy atom.